The van der Waals surface area contributed by atoms with Crippen molar-refractivity contribution in [3.8, 4) is 5.75 Å². The first kappa shape index (κ1) is 14.7. The molecule has 2 rings (SSSR count). The van der Waals surface area contributed by atoms with Gasteiger partial charge in [-0.05, 0) is 31.0 Å². The number of phenolic OH excluding ortho intramolecular Hbond substituents is 1. The number of carboxylic acid groups (broad SMARTS) is 1. The summed E-state index contributed by atoms with van der Waals surface area (Å²) < 4.78 is 0. The lowest BCUT2D eigenvalue weighted by atomic mass is 9.78. The summed E-state index contributed by atoms with van der Waals surface area (Å²) in [5.41, 5.74) is 0.451. The number of amides is 1. The second-order valence-corrected chi connectivity index (χ2v) is 5.40. The number of aliphatic carboxylic acids is 1. The molecule has 0 unspecified atom stereocenters. The Labute approximate surface area is 121 Å². The van der Waals surface area contributed by atoms with Gasteiger partial charge in [-0.15, -0.1) is 0 Å². The van der Waals surface area contributed by atoms with Gasteiger partial charge in [0.1, 0.15) is 5.75 Å². The molecule has 0 radical (unpaired) electrons. The summed E-state index contributed by atoms with van der Waals surface area (Å²) in [7, 11) is 0. The van der Waals surface area contributed by atoms with Crippen molar-refractivity contribution in [2.75, 3.05) is 5.32 Å². The zero-order valence-electron chi connectivity index (χ0n) is 10.8. The van der Waals surface area contributed by atoms with Crippen molar-refractivity contribution < 1.29 is 19.8 Å². The van der Waals surface area contributed by atoms with Crippen molar-refractivity contribution in [3.63, 3.8) is 0 Å². The Kier molecular flexibility index (Phi) is 4.49. The maximum atomic E-state index is 12.2. The van der Waals surface area contributed by atoms with Gasteiger partial charge in [-0.25, -0.2) is 0 Å². The third kappa shape index (κ3) is 3.22. The quantitative estimate of drug-likeness (QED) is 0.749. The summed E-state index contributed by atoms with van der Waals surface area (Å²) >= 11 is 5.77. The van der Waals surface area contributed by atoms with Crippen molar-refractivity contribution in [3.05, 3.63) is 23.2 Å². The number of benzene rings is 1. The van der Waals surface area contributed by atoms with Crippen LogP contribution in [0, 0.1) is 11.8 Å². The fourth-order valence-electron chi connectivity index (χ4n) is 2.56. The number of phenols is 1. The van der Waals surface area contributed by atoms with E-state index in [4.69, 9.17) is 16.7 Å². The first-order valence-electron chi connectivity index (χ1n) is 6.51. The SMILES string of the molecule is O=C(O)[C@H]1CCCC[C@H]1C(=O)Nc1ccc(O)c(Cl)c1. The van der Waals surface area contributed by atoms with E-state index in [-0.39, 0.29) is 16.7 Å². The topological polar surface area (TPSA) is 86.6 Å². The van der Waals surface area contributed by atoms with Crippen molar-refractivity contribution in [2.24, 2.45) is 11.8 Å². The van der Waals surface area contributed by atoms with Crippen LogP contribution in [0.3, 0.4) is 0 Å². The summed E-state index contributed by atoms with van der Waals surface area (Å²) in [5, 5.41) is 21.3. The predicted octanol–water partition coefficient (Wildman–Crippen LogP) is 2.88. The molecule has 0 aromatic heterocycles. The molecule has 0 spiro atoms. The van der Waals surface area contributed by atoms with Gasteiger partial charge in [-0.3, -0.25) is 9.59 Å². The van der Waals surface area contributed by atoms with Gasteiger partial charge in [0.05, 0.1) is 16.9 Å². The van der Waals surface area contributed by atoms with E-state index < -0.39 is 17.8 Å². The van der Waals surface area contributed by atoms with Gasteiger partial charge in [0, 0.05) is 5.69 Å². The normalized spacial score (nSPS) is 22.2. The van der Waals surface area contributed by atoms with E-state index in [0.717, 1.165) is 12.8 Å². The highest BCUT2D eigenvalue weighted by Gasteiger charge is 2.35. The summed E-state index contributed by atoms with van der Waals surface area (Å²) in [6.07, 6.45) is 2.81. The third-order valence-electron chi connectivity index (χ3n) is 3.64. The van der Waals surface area contributed by atoms with E-state index in [1.807, 2.05) is 0 Å². The molecule has 1 amide bonds. The molecule has 2 atom stereocenters. The molecule has 1 saturated carbocycles. The first-order valence-corrected chi connectivity index (χ1v) is 6.89. The van der Waals surface area contributed by atoms with Crippen LogP contribution in [0.25, 0.3) is 0 Å². The smallest absolute Gasteiger partial charge is 0.307 e. The molecule has 1 fully saturated rings. The molecule has 3 N–H and O–H groups in total. The summed E-state index contributed by atoms with van der Waals surface area (Å²) in [6, 6.07) is 4.35. The van der Waals surface area contributed by atoms with Crippen molar-refractivity contribution in [1.29, 1.82) is 0 Å². The number of hydrogen-bond donors (Lipinski definition) is 3. The molecule has 20 heavy (non-hydrogen) atoms. The fourth-order valence-corrected chi connectivity index (χ4v) is 2.74. The minimum atomic E-state index is -0.923. The lowest BCUT2D eigenvalue weighted by Crippen LogP contribution is -2.36. The molecular formula is C14H16ClNO4. The van der Waals surface area contributed by atoms with E-state index in [2.05, 4.69) is 5.32 Å². The number of carboxylic acids is 1. The number of carbonyl (C=O) groups excluding carboxylic acids is 1. The minimum absolute atomic E-state index is 0.0641. The zero-order chi connectivity index (χ0) is 14.7. The Hall–Kier alpha value is -1.75. The Bertz CT molecular complexity index is 532. The average molecular weight is 298 g/mol. The summed E-state index contributed by atoms with van der Waals surface area (Å²) in [5.74, 6) is -2.44. The molecule has 0 bridgehead atoms. The molecule has 0 aliphatic heterocycles. The van der Waals surface area contributed by atoms with Crippen molar-refractivity contribution in [2.45, 2.75) is 25.7 Å². The number of carbonyl (C=O) groups is 2. The fraction of sp³-hybridized carbons (Fsp3) is 0.429. The first-order chi connectivity index (χ1) is 9.49. The highest BCUT2D eigenvalue weighted by molar-refractivity contribution is 6.32. The molecule has 1 aromatic rings. The van der Waals surface area contributed by atoms with Crippen LogP contribution in [-0.4, -0.2) is 22.1 Å². The molecule has 6 heteroatoms. The molecular weight excluding hydrogens is 282 g/mol. The van der Waals surface area contributed by atoms with E-state index in [1.54, 1.807) is 0 Å². The maximum absolute atomic E-state index is 12.2. The second-order valence-electron chi connectivity index (χ2n) is 4.99. The lowest BCUT2D eigenvalue weighted by molar-refractivity contribution is -0.147. The van der Waals surface area contributed by atoms with E-state index in [0.29, 0.717) is 18.5 Å². The van der Waals surface area contributed by atoms with Crippen molar-refractivity contribution >= 4 is 29.2 Å². The number of nitrogens with one attached hydrogen (secondary N) is 1. The van der Waals surface area contributed by atoms with E-state index in [1.165, 1.54) is 18.2 Å². The third-order valence-corrected chi connectivity index (χ3v) is 3.94. The van der Waals surface area contributed by atoms with Gasteiger partial charge in [0.25, 0.3) is 0 Å². The molecule has 1 aliphatic rings. The number of anilines is 1. The number of rotatable bonds is 3. The monoisotopic (exact) mass is 297 g/mol. The van der Waals surface area contributed by atoms with Gasteiger partial charge in [0.15, 0.2) is 0 Å². The average Bonchev–Trinajstić information content (AvgIpc) is 2.43. The van der Waals surface area contributed by atoms with Crippen LogP contribution in [-0.2, 0) is 9.59 Å². The Balaban J connectivity index is 2.09. The zero-order valence-corrected chi connectivity index (χ0v) is 11.6. The van der Waals surface area contributed by atoms with Crippen LogP contribution in [0.4, 0.5) is 5.69 Å². The van der Waals surface area contributed by atoms with Gasteiger partial charge >= 0.3 is 5.97 Å². The number of halogens is 1. The molecule has 108 valence electrons. The predicted molar refractivity (Wildman–Crippen MR) is 74.8 cm³/mol. The lowest BCUT2D eigenvalue weighted by Gasteiger charge is -2.27. The van der Waals surface area contributed by atoms with Gasteiger partial charge in [-0.2, -0.15) is 0 Å². The summed E-state index contributed by atoms with van der Waals surface area (Å²) in [4.78, 5) is 23.4. The molecule has 1 aromatic carbocycles. The summed E-state index contributed by atoms with van der Waals surface area (Å²) in [6.45, 7) is 0. The Morgan fingerprint density at radius 2 is 1.85 bits per heavy atom. The molecule has 1 aliphatic carbocycles. The van der Waals surface area contributed by atoms with E-state index >= 15 is 0 Å². The van der Waals surface area contributed by atoms with Crippen LogP contribution < -0.4 is 5.32 Å². The minimum Gasteiger partial charge on any atom is -0.506 e. The van der Waals surface area contributed by atoms with Gasteiger partial charge in [0.2, 0.25) is 5.91 Å². The maximum Gasteiger partial charge on any atom is 0.307 e. The molecule has 5 nitrogen and oxygen atoms in total. The molecule has 0 heterocycles. The molecule has 0 saturated heterocycles. The number of aromatic hydroxyl groups is 1. The highest BCUT2D eigenvalue weighted by atomic mass is 35.5. The largest absolute Gasteiger partial charge is 0.506 e. The van der Waals surface area contributed by atoms with Crippen LogP contribution in [0.15, 0.2) is 18.2 Å². The van der Waals surface area contributed by atoms with Gasteiger partial charge in [-0.1, -0.05) is 24.4 Å². The second kappa shape index (κ2) is 6.13. The Morgan fingerprint density at radius 1 is 1.20 bits per heavy atom. The highest BCUT2D eigenvalue weighted by Crippen LogP contribution is 2.32. The van der Waals surface area contributed by atoms with Crippen LogP contribution >= 0.6 is 11.6 Å². The van der Waals surface area contributed by atoms with E-state index in [9.17, 15) is 14.7 Å². The van der Waals surface area contributed by atoms with Crippen molar-refractivity contribution in [1.82, 2.24) is 0 Å². The Morgan fingerprint density at radius 3 is 2.45 bits per heavy atom. The standard InChI is InChI=1S/C14H16ClNO4/c15-11-7-8(5-6-12(11)17)16-13(18)9-3-1-2-4-10(9)14(19)20/h5-7,9-10,17H,1-4H2,(H,16,18)(H,19,20)/t9-,10+/m1/s1. The number of hydrogen-bond acceptors (Lipinski definition) is 3. The van der Waals surface area contributed by atoms with Crippen LogP contribution in [0.1, 0.15) is 25.7 Å². The van der Waals surface area contributed by atoms with Crippen LogP contribution in [0.2, 0.25) is 5.02 Å². The van der Waals surface area contributed by atoms with Crippen LogP contribution in [0.5, 0.6) is 5.75 Å². The van der Waals surface area contributed by atoms with Gasteiger partial charge < -0.3 is 15.5 Å².